The Labute approximate surface area is 140 Å². The summed E-state index contributed by atoms with van der Waals surface area (Å²) in [5.74, 6) is -2.41. The van der Waals surface area contributed by atoms with Gasteiger partial charge in [0.25, 0.3) is 0 Å². The molecule has 2 rings (SSSR count). The summed E-state index contributed by atoms with van der Waals surface area (Å²) in [7, 11) is 1.28. The number of ketones is 1. The third kappa shape index (κ3) is 3.58. The summed E-state index contributed by atoms with van der Waals surface area (Å²) in [5.41, 5.74) is -0.155. The van der Waals surface area contributed by atoms with Crippen LogP contribution in [0.3, 0.4) is 0 Å². The Morgan fingerprint density at radius 1 is 1.30 bits per heavy atom. The predicted octanol–water partition coefficient (Wildman–Crippen LogP) is 2.19. The number of thiol groups is 1. The SMILES string of the molecule is COC(=O)[C@@]1(C)CCC(=O)[C@H](C(=O)OCc2ccccc2)[C@H]1S. The summed E-state index contributed by atoms with van der Waals surface area (Å²) in [6.45, 7) is 1.75. The molecule has 23 heavy (non-hydrogen) atoms. The highest BCUT2D eigenvalue weighted by Crippen LogP contribution is 2.42. The number of esters is 2. The van der Waals surface area contributed by atoms with E-state index in [1.165, 1.54) is 7.11 Å². The van der Waals surface area contributed by atoms with E-state index in [1.54, 1.807) is 6.92 Å². The molecule has 1 aliphatic carbocycles. The lowest BCUT2D eigenvalue weighted by molar-refractivity contribution is -0.161. The van der Waals surface area contributed by atoms with E-state index < -0.39 is 28.5 Å². The van der Waals surface area contributed by atoms with E-state index in [0.29, 0.717) is 6.42 Å². The smallest absolute Gasteiger partial charge is 0.317 e. The fourth-order valence-electron chi connectivity index (χ4n) is 2.76. The van der Waals surface area contributed by atoms with Gasteiger partial charge in [0.15, 0.2) is 0 Å². The molecule has 0 bridgehead atoms. The summed E-state index contributed by atoms with van der Waals surface area (Å²) in [6, 6.07) is 9.19. The van der Waals surface area contributed by atoms with Gasteiger partial charge in [-0.3, -0.25) is 14.4 Å². The molecule has 1 aromatic carbocycles. The zero-order chi connectivity index (χ0) is 17.0. The quantitative estimate of drug-likeness (QED) is 0.518. The standard InChI is InChI=1S/C17H20O5S/c1-17(16(20)21-2)9-8-12(18)13(14(17)23)15(19)22-10-11-6-4-3-5-7-11/h3-7,13-14,23H,8-10H2,1-2H3/t13-,14+,17-/m0/s1. The van der Waals surface area contributed by atoms with Crippen LogP contribution < -0.4 is 0 Å². The number of carbonyl (C=O) groups excluding carboxylic acids is 3. The summed E-state index contributed by atoms with van der Waals surface area (Å²) in [5, 5.41) is -0.764. The van der Waals surface area contributed by atoms with Gasteiger partial charge in [-0.25, -0.2) is 0 Å². The molecule has 3 atom stereocenters. The molecule has 5 nitrogen and oxygen atoms in total. The first kappa shape index (κ1) is 17.5. The van der Waals surface area contributed by atoms with Gasteiger partial charge in [-0.05, 0) is 18.9 Å². The first-order valence-corrected chi connectivity index (χ1v) is 7.91. The minimum atomic E-state index is -1.06. The Morgan fingerprint density at radius 2 is 1.96 bits per heavy atom. The second-order valence-electron chi connectivity index (χ2n) is 5.89. The van der Waals surface area contributed by atoms with Crippen LogP contribution in [0.2, 0.25) is 0 Å². The molecule has 0 amide bonds. The van der Waals surface area contributed by atoms with Crippen molar-refractivity contribution >= 4 is 30.4 Å². The van der Waals surface area contributed by atoms with Crippen LogP contribution >= 0.6 is 12.6 Å². The lowest BCUT2D eigenvalue weighted by Crippen LogP contribution is -2.51. The highest BCUT2D eigenvalue weighted by molar-refractivity contribution is 7.81. The van der Waals surface area contributed by atoms with E-state index in [2.05, 4.69) is 12.6 Å². The molecule has 0 radical (unpaired) electrons. The largest absolute Gasteiger partial charge is 0.469 e. The van der Waals surface area contributed by atoms with Crippen LogP contribution in [0.4, 0.5) is 0 Å². The maximum atomic E-state index is 12.3. The van der Waals surface area contributed by atoms with Crippen LogP contribution in [0.15, 0.2) is 30.3 Å². The molecule has 1 fully saturated rings. The first-order valence-electron chi connectivity index (χ1n) is 7.40. The van der Waals surface area contributed by atoms with Gasteiger partial charge in [-0.2, -0.15) is 12.6 Å². The number of hydrogen-bond donors (Lipinski definition) is 1. The van der Waals surface area contributed by atoms with Gasteiger partial charge in [0.1, 0.15) is 18.3 Å². The fourth-order valence-corrected chi connectivity index (χ4v) is 3.29. The minimum Gasteiger partial charge on any atom is -0.469 e. The van der Waals surface area contributed by atoms with Crippen LogP contribution in [0.25, 0.3) is 0 Å². The summed E-state index contributed by atoms with van der Waals surface area (Å²) >= 11 is 4.39. The Hall–Kier alpha value is -1.82. The van der Waals surface area contributed by atoms with Crippen molar-refractivity contribution in [1.29, 1.82) is 0 Å². The van der Waals surface area contributed by atoms with Crippen LogP contribution in [0, 0.1) is 11.3 Å². The zero-order valence-electron chi connectivity index (χ0n) is 13.2. The molecule has 1 aromatic rings. The lowest BCUT2D eigenvalue weighted by Gasteiger charge is -2.39. The van der Waals surface area contributed by atoms with Crippen molar-refractivity contribution < 1.29 is 23.9 Å². The Kier molecular flexibility index (Phi) is 5.46. The Bertz CT molecular complexity index is 600. The molecule has 1 aliphatic rings. The van der Waals surface area contributed by atoms with Crippen molar-refractivity contribution in [3.63, 3.8) is 0 Å². The van der Waals surface area contributed by atoms with Gasteiger partial charge in [-0.15, -0.1) is 0 Å². The maximum Gasteiger partial charge on any atom is 0.317 e. The van der Waals surface area contributed by atoms with Crippen molar-refractivity contribution in [2.75, 3.05) is 7.11 Å². The number of rotatable bonds is 4. The van der Waals surface area contributed by atoms with E-state index in [0.717, 1.165) is 5.56 Å². The maximum absolute atomic E-state index is 12.3. The van der Waals surface area contributed by atoms with Crippen molar-refractivity contribution in [2.24, 2.45) is 11.3 Å². The lowest BCUT2D eigenvalue weighted by atomic mass is 9.69. The van der Waals surface area contributed by atoms with Gasteiger partial charge in [0.2, 0.25) is 0 Å². The van der Waals surface area contributed by atoms with Gasteiger partial charge in [0.05, 0.1) is 12.5 Å². The summed E-state index contributed by atoms with van der Waals surface area (Å²) in [6.07, 6.45) is 0.447. The molecule has 0 unspecified atom stereocenters. The molecule has 0 saturated heterocycles. The van der Waals surface area contributed by atoms with E-state index in [-0.39, 0.29) is 18.8 Å². The third-order valence-electron chi connectivity index (χ3n) is 4.34. The summed E-state index contributed by atoms with van der Waals surface area (Å²) in [4.78, 5) is 36.5. The average molecular weight is 336 g/mol. The Balaban J connectivity index is 2.11. The predicted molar refractivity (Wildman–Crippen MR) is 86.9 cm³/mol. The normalized spacial score (nSPS) is 27.3. The van der Waals surface area contributed by atoms with Crippen molar-refractivity contribution in [3.05, 3.63) is 35.9 Å². The number of Topliss-reactive ketones (excluding diaryl/α,β-unsaturated/α-hetero) is 1. The van der Waals surface area contributed by atoms with Crippen molar-refractivity contribution in [3.8, 4) is 0 Å². The van der Waals surface area contributed by atoms with Gasteiger partial charge in [0, 0.05) is 11.7 Å². The van der Waals surface area contributed by atoms with E-state index in [9.17, 15) is 14.4 Å². The molecule has 0 heterocycles. The van der Waals surface area contributed by atoms with Crippen molar-refractivity contribution in [2.45, 2.75) is 31.6 Å². The van der Waals surface area contributed by atoms with Gasteiger partial charge >= 0.3 is 11.9 Å². The number of carbonyl (C=O) groups is 3. The zero-order valence-corrected chi connectivity index (χ0v) is 14.0. The average Bonchev–Trinajstić information content (AvgIpc) is 2.57. The molecule has 0 aromatic heterocycles. The highest BCUT2D eigenvalue weighted by Gasteiger charge is 2.53. The molecule has 6 heteroatoms. The molecule has 1 saturated carbocycles. The monoisotopic (exact) mass is 336 g/mol. The topological polar surface area (TPSA) is 69.7 Å². The molecular weight excluding hydrogens is 316 g/mol. The number of hydrogen-bond acceptors (Lipinski definition) is 6. The van der Waals surface area contributed by atoms with Crippen LogP contribution in [-0.4, -0.2) is 30.1 Å². The van der Waals surface area contributed by atoms with Crippen LogP contribution in [-0.2, 0) is 30.5 Å². The van der Waals surface area contributed by atoms with Crippen LogP contribution in [0.5, 0.6) is 0 Å². The van der Waals surface area contributed by atoms with E-state index >= 15 is 0 Å². The van der Waals surface area contributed by atoms with Gasteiger partial charge in [-0.1, -0.05) is 30.3 Å². The molecule has 0 spiro atoms. The first-order chi connectivity index (χ1) is 10.9. The summed E-state index contributed by atoms with van der Waals surface area (Å²) < 4.78 is 10.1. The van der Waals surface area contributed by atoms with E-state index in [1.807, 2.05) is 30.3 Å². The van der Waals surface area contributed by atoms with Crippen molar-refractivity contribution in [1.82, 2.24) is 0 Å². The second kappa shape index (κ2) is 7.17. The molecule has 0 N–H and O–H groups in total. The number of benzene rings is 1. The van der Waals surface area contributed by atoms with Gasteiger partial charge < -0.3 is 9.47 Å². The number of ether oxygens (including phenoxy) is 2. The van der Waals surface area contributed by atoms with E-state index in [4.69, 9.17) is 9.47 Å². The molecule has 0 aliphatic heterocycles. The Morgan fingerprint density at radius 3 is 2.57 bits per heavy atom. The fraction of sp³-hybridized carbons (Fsp3) is 0.471. The molecule has 124 valence electrons. The minimum absolute atomic E-state index is 0.0822. The third-order valence-corrected chi connectivity index (χ3v) is 5.20. The second-order valence-corrected chi connectivity index (χ2v) is 6.45. The highest BCUT2D eigenvalue weighted by atomic mass is 32.1. The number of methoxy groups -OCH3 is 1. The molecular formula is C17H20O5S. The van der Waals surface area contributed by atoms with Crippen LogP contribution in [0.1, 0.15) is 25.3 Å².